The molecule has 0 aliphatic heterocycles. The highest BCUT2D eigenvalue weighted by atomic mass is 32.2. The van der Waals surface area contributed by atoms with Gasteiger partial charge in [0.2, 0.25) is 5.91 Å². The third-order valence-corrected chi connectivity index (χ3v) is 6.41. The smallest absolute Gasteiger partial charge is 0.234 e. The molecule has 1 amide bonds. The number of carbonyl (C=O) groups is 2. The second-order valence-electron chi connectivity index (χ2n) is 6.73. The molecule has 4 aromatic rings. The maximum absolute atomic E-state index is 12.6. The van der Waals surface area contributed by atoms with Crippen molar-refractivity contribution in [2.75, 3.05) is 18.2 Å². The molecule has 0 saturated heterocycles. The van der Waals surface area contributed by atoms with Crippen LogP contribution in [0.3, 0.4) is 0 Å². The summed E-state index contributed by atoms with van der Waals surface area (Å²) < 4.78 is 7.44. The highest BCUT2D eigenvalue weighted by Crippen LogP contribution is 2.34. The van der Waals surface area contributed by atoms with Gasteiger partial charge < -0.3 is 10.1 Å². The molecular formula is C23H20N4O3S2. The number of nitrogens with zero attached hydrogens (tertiary/aromatic N) is 3. The van der Waals surface area contributed by atoms with Gasteiger partial charge in [0.25, 0.3) is 0 Å². The van der Waals surface area contributed by atoms with Crippen LogP contribution in [0.5, 0.6) is 5.75 Å². The van der Waals surface area contributed by atoms with E-state index in [9.17, 15) is 9.59 Å². The number of ketones is 1. The number of carbonyl (C=O) groups excluding carboxylic acids is 2. The van der Waals surface area contributed by atoms with E-state index in [1.54, 1.807) is 42.7 Å². The summed E-state index contributed by atoms with van der Waals surface area (Å²) in [6.45, 7) is 1.47. The van der Waals surface area contributed by atoms with E-state index in [0.717, 1.165) is 10.6 Å². The molecule has 2 aromatic heterocycles. The number of nitrogens with one attached hydrogen (secondary N) is 1. The van der Waals surface area contributed by atoms with Gasteiger partial charge in [-0.25, -0.2) is 0 Å². The number of thiophene rings is 1. The van der Waals surface area contributed by atoms with Crippen LogP contribution in [0.2, 0.25) is 0 Å². The lowest BCUT2D eigenvalue weighted by atomic mass is 10.1. The maximum atomic E-state index is 12.6. The van der Waals surface area contributed by atoms with Gasteiger partial charge in [0.15, 0.2) is 16.8 Å². The van der Waals surface area contributed by atoms with E-state index in [1.807, 2.05) is 46.3 Å². The summed E-state index contributed by atoms with van der Waals surface area (Å²) in [6, 6.07) is 18.5. The van der Waals surface area contributed by atoms with Crippen LogP contribution in [0.4, 0.5) is 5.69 Å². The van der Waals surface area contributed by atoms with Crippen LogP contribution in [0.25, 0.3) is 16.4 Å². The van der Waals surface area contributed by atoms with Crippen molar-refractivity contribution in [1.82, 2.24) is 14.8 Å². The molecule has 4 rings (SSSR count). The molecule has 1 N–H and O–H groups in total. The third-order valence-electron chi connectivity index (χ3n) is 4.61. The molecule has 0 aliphatic rings. The number of benzene rings is 2. The number of hydrogen-bond donors (Lipinski definition) is 1. The zero-order valence-electron chi connectivity index (χ0n) is 17.4. The quantitative estimate of drug-likeness (QED) is 0.294. The lowest BCUT2D eigenvalue weighted by Gasteiger charge is -2.13. The Bertz CT molecular complexity index is 1250. The number of anilines is 1. The third kappa shape index (κ3) is 4.58. The predicted octanol–water partition coefficient (Wildman–Crippen LogP) is 4.94. The van der Waals surface area contributed by atoms with E-state index < -0.39 is 0 Å². The van der Waals surface area contributed by atoms with Crippen molar-refractivity contribution in [3.05, 3.63) is 71.6 Å². The molecule has 9 heteroatoms. The summed E-state index contributed by atoms with van der Waals surface area (Å²) in [5, 5.41) is 14.1. The minimum absolute atomic E-state index is 0.101. The standard InChI is InChI=1S/C23H20N4O3S2/c1-15(28)16-8-3-4-9-17(16)24-21(29)14-32-23-26-25-22(20-12-7-13-31-20)27(23)18-10-5-6-11-19(18)30-2/h3-13H,14H2,1-2H3,(H,24,29). The van der Waals surface area contributed by atoms with Gasteiger partial charge in [0.1, 0.15) is 5.75 Å². The molecule has 2 aromatic carbocycles. The van der Waals surface area contributed by atoms with Crippen molar-refractivity contribution < 1.29 is 14.3 Å². The first-order valence-electron chi connectivity index (χ1n) is 9.73. The average molecular weight is 465 g/mol. The number of ether oxygens (including phenoxy) is 1. The Labute approximate surface area is 193 Å². The summed E-state index contributed by atoms with van der Waals surface area (Å²) in [4.78, 5) is 25.4. The number of amides is 1. The molecule has 0 atom stereocenters. The SMILES string of the molecule is COc1ccccc1-n1c(SCC(=O)Nc2ccccc2C(C)=O)nnc1-c1cccs1. The lowest BCUT2D eigenvalue weighted by Crippen LogP contribution is -2.16. The van der Waals surface area contributed by atoms with Gasteiger partial charge in [0, 0.05) is 5.56 Å². The summed E-state index contributed by atoms with van der Waals surface area (Å²) >= 11 is 2.82. The molecule has 0 fully saturated rings. The Balaban J connectivity index is 1.61. The van der Waals surface area contributed by atoms with Crippen LogP contribution in [0.15, 0.2) is 71.2 Å². The average Bonchev–Trinajstić information content (AvgIpc) is 3.47. The second-order valence-corrected chi connectivity index (χ2v) is 8.62. The summed E-state index contributed by atoms with van der Waals surface area (Å²) in [5.74, 6) is 1.10. The Morgan fingerprint density at radius 2 is 1.84 bits per heavy atom. The fourth-order valence-electron chi connectivity index (χ4n) is 3.18. The van der Waals surface area contributed by atoms with Gasteiger partial charge in [0.05, 0.1) is 29.1 Å². The highest BCUT2D eigenvalue weighted by molar-refractivity contribution is 7.99. The number of methoxy groups -OCH3 is 1. The number of rotatable bonds is 8. The molecule has 0 aliphatic carbocycles. The van der Waals surface area contributed by atoms with Crippen LogP contribution >= 0.6 is 23.1 Å². The van der Waals surface area contributed by atoms with Gasteiger partial charge in [-0.1, -0.05) is 42.1 Å². The van der Waals surface area contributed by atoms with Crippen LogP contribution in [0, 0.1) is 0 Å². The minimum atomic E-state index is -0.240. The van der Waals surface area contributed by atoms with Gasteiger partial charge in [-0.2, -0.15) is 0 Å². The van der Waals surface area contributed by atoms with Gasteiger partial charge >= 0.3 is 0 Å². The Hall–Kier alpha value is -3.43. The normalized spacial score (nSPS) is 10.7. The van der Waals surface area contributed by atoms with E-state index >= 15 is 0 Å². The number of hydrogen-bond acceptors (Lipinski definition) is 7. The molecule has 0 radical (unpaired) electrons. The Morgan fingerprint density at radius 1 is 1.06 bits per heavy atom. The zero-order chi connectivity index (χ0) is 22.5. The molecule has 0 spiro atoms. The molecule has 2 heterocycles. The first kappa shape index (κ1) is 21.8. The topological polar surface area (TPSA) is 86.1 Å². The molecular weight excluding hydrogens is 444 g/mol. The number of thioether (sulfide) groups is 1. The summed E-state index contributed by atoms with van der Waals surface area (Å²) in [7, 11) is 1.61. The van der Waals surface area contributed by atoms with E-state index in [2.05, 4.69) is 15.5 Å². The lowest BCUT2D eigenvalue weighted by molar-refractivity contribution is -0.113. The first-order chi connectivity index (χ1) is 15.6. The monoisotopic (exact) mass is 464 g/mol. The van der Waals surface area contributed by atoms with Gasteiger partial charge in [-0.15, -0.1) is 21.5 Å². The van der Waals surface area contributed by atoms with Crippen LogP contribution in [0.1, 0.15) is 17.3 Å². The number of aromatic nitrogens is 3. The van der Waals surface area contributed by atoms with E-state index in [-0.39, 0.29) is 17.4 Å². The largest absolute Gasteiger partial charge is 0.495 e. The maximum Gasteiger partial charge on any atom is 0.234 e. The Kier molecular flexibility index (Phi) is 6.67. The number of para-hydroxylation sites is 3. The molecule has 32 heavy (non-hydrogen) atoms. The first-order valence-corrected chi connectivity index (χ1v) is 11.6. The molecule has 7 nitrogen and oxygen atoms in total. The highest BCUT2D eigenvalue weighted by Gasteiger charge is 2.20. The Morgan fingerprint density at radius 3 is 2.59 bits per heavy atom. The van der Waals surface area contributed by atoms with E-state index in [4.69, 9.17) is 4.74 Å². The fourth-order valence-corrected chi connectivity index (χ4v) is 4.62. The second kappa shape index (κ2) is 9.80. The van der Waals surface area contributed by atoms with Crippen LogP contribution in [-0.2, 0) is 4.79 Å². The van der Waals surface area contributed by atoms with Crippen molar-refractivity contribution in [2.24, 2.45) is 0 Å². The minimum Gasteiger partial charge on any atom is -0.495 e. The summed E-state index contributed by atoms with van der Waals surface area (Å²) in [6.07, 6.45) is 0. The van der Waals surface area contributed by atoms with Crippen LogP contribution in [-0.4, -0.2) is 39.3 Å². The fraction of sp³-hybridized carbons (Fsp3) is 0.130. The van der Waals surface area contributed by atoms with Crippen molar-refractivity contribution >= 4 is 40.5 Å². The van der Waals surface area contributed by atoms with Gasteiger partial charge in [-0.3, -0.25) is 14.2 Å². The van der Waals surface area contributed by atoms with Crippen LogP contribution < -0.4 is 10.1 Å². The predicted molar refractivity (Wildman–Crippen MR) is 127 cm³/mol. The summed E-state index contributed by atoms with van der Waals surface area (Å²) in [5.41, 5.74) is 1.76. The molecule has 162 valence electrons. The van der Waals surface area contributed by atoms with E-state index in [0.29, 0.717) is 28.0 Å². The van der Waals surface area contributed by atoms with Crippen molar-refractivity contribution in [3.63, 3.8) is 0 Å². The van der Waals surface area contributed by atoms with E-state index in [1.165, 1.54) is 18.7 Å². The molecule has 0 unspecified atom stereocenters. The molecule has 0 saturated carbocycles. The van der Waals surface area contributed by atoms with Crippen molar-refractivity contribution in [3.8, 4) is 22.1 Å². The van der Waals surface area contributed by atoms with Gasteiger partial charge in [-0.05, 0) is 42.6 Å². The molecule has 0 bridgehead atoms. The zero-order valence-corrected chi connectivity index (χ0v) is 19.1. The number of Topliss-reactive ketones (excluding diaryl/α,β-unsaturated/α-hetero) is 1. The van der Waals surface area contributed by atoms with Crippen molar-refractivity contribution in [2.45, 2.75) is 12.1 Å². The van der Waals surface area contributed by atoms with Crippen molar-refractivity contribution in [1.29, 1.82) is 0 Å².